The summed E-state index contributed by atoms with van der Waals surface area (Å²) in [6.07, 6.45) is 5.36. The van der Waals surface area contributed by atoms with Crippen molar-refractivity contribution < 1.29 is 4.42 Å². The number of hydrogen-bond donors (Lipinski definition) is 2. The number of halogens is 1. The third-order valence-electron chi connectivity index (χ3n) is 3.52. The molecule has 26 heavy (non-hydrogen) atoms. The summed E-state index contributed by atoms with van der Waals surface area (Å²) in [6, 6.07) is 8.06. The number of aryl methyl sites for hydroxylation is 1. The Morgan fingerprint density at radius 3 is 2.69 bits per heavy atom. The second-order valence-corrected chi connectivity index (χ2v) is 7.89. The van der Waals surface area contributed by atoms with Gasteiger partial charge in [-0.2, -0.15) is 0 Å². The zero-order chi connectivity index (χ0) is 17.3. The highest BCUT2D eigenvalue weighted by molar-refractivity contribution is 14.0. The first kappa shape index (κ1) is 20.9. The van der Waals surface area contributed by atoms with E-state index in [9.17, 15) is 0 Å². The molecule has 3 heterocycles. The molecule has 0 fully saturated rings. The molecule has 0 bridgehead atoms. The summed E-state index contributed by atoms with van der Waals surface area (Å²) in [5, 5.41) is 10.0. The van der Waals surface area contributed by atoms with Crippen molar-refractivity contribution in [3.05, 3.63) is 62.6 Å². The number of thiophene rings is 1. The van der Waals surface area contributed by atoms with Gasteiger partial charge in [-0.1, -0.05) is 6.07 Å². The van der Waals surface area contributed by atoms with E-state index < -0.39 is 0 Å². The van der Waals surface area contributed by atoms with Crippen LogP contribution in [0.4, 0.5) is 0 Å². The van der Waals surface area contributed by atoms with Crippen LogP contribution in [-0.4, -0.2) is 24.0 Å². The zero-order valence-corrected chi connectivity index (χ0v) is 18.6. The van der Waals surface area contributed by atoms with Gasteiger partial charge in [-0.15, -0.1) is 46.7 Å². The van der Waals surface area contributed by atoms with Gasteiger partial charge >= 0.3 is 0 Å². The van der Waals surface area contributed by atoms with E-state index in [0.29, 0.717) is 6.54 Å². The molecule has 0 aliphatic heterocycles. The Hall–Kier alpha value is -1.39. The van der Waals surface area contributed by atoms with Gasteiger partial charge in [0.2, 0.25) is 0 Å². The fraction of sp³-hybridized carbons (Fsp3) is 0.333. The van der Waals surface area contributed by atoms with Crippen molar-refractivity contribution in [1.29, 1.82) is 0 Å². The fourth-order valence-corrected chi connectivity index (χ4v) is 3.71. The minimum absolute atomic E-state index is 0. The molecule has 8 heteroatoms. The number of thiazole rings is 1. The monoisotopic (exact) mass is 502 g/mol. The highest BCUT2D eigenvalue weighted by Crippen LogP contribution is 2.11. The topological polar surface area (TPSA) is 62.5 Å². The maximum Gasteiger partial charge on any atom is 0.191 e. The summed E-state index contributed by atoms with van der Waals surface area (Å²) in [4.78, 5) is 11.6. The standard InChI is InChI=1S/C18H22N4OS2.HI/c1-14-12-21-17(25-14)7-9-20-18(22-13-16-5-3-11-24-16)19-8-6-15-4-2-10-23-15;/h2-5,10-12H,6-9,13H2,1H3,(H2,19,20,22);1H. The molecule has 140 valence electrons. The molecule has 0 aliphatic rings. The van der Waals surface area contributed by atoms with E-state index in [0.717, 1.165) is 42.7 Å². The van der Waals surface area contributed by atoms with Crippen molar-refractivity contribution in [2.45, 2.75) is 26.3 Å². The minimum Gasteiger partial charge on any atom is -0.469 e. The summed E-state index contributed by atoms with van der Waals surface area (Å²) < 4.78 is 5.37. The van der Waals surface area contributed by atoms with Gasteiger partial charge in [0.15, 0.2) is 5.96 Å². The molecule has 0 amide bonds. The Bertz CT molecular complexity index is 769. The molecule has 0 radical (unpaired) electrons. The molecule has 0 atom stereocenters. The largest absolute Gasteiger partial charge is 0.469 e. The van der Waals surface area contributed by atoms with Crippen LogP contribution < -0.4 is 10.6 Å². The molecule has 0 aromatic carbocycles. The second-order valence-electron chi connectivity index (χ2n) is 5.54. The van der Waals surface area contributed by atoms with E-state index in [4.69, 9.17) is 4.42 Å². The summed E-state index contributed by atoms with van der Waals surface area (Å²) in [5.41, 5.74) is 0. The van der Waals surface area contributed by atoms with Crippen LogP contribution >= 0.6 is 46.7 Å². The van der Waals surface area contributed by atoms with Crippen molar-refractivity contribution in [3.8, 4) is 0 Å². The number of hydrogen-bond acceptors (Lipinski definition) is 5. The molecule has 3 rings (SSSR count). The smallest absolute Gasteiger partial charge is 0.191 e. The number of nitrogens with one attached hydrogen (secondary N) is 2. The van der Waals surface area contributed by atoms with Crippen molar-refractivity contribution in [1.82, 2.24) is 15.6 Å². The van der Waals surface area contributed by atoms with Crippen LogP contribution in [0, 0.1) is 6.92 Å². The number of guanidine groups is 1. The van der Waals surface area contributed by atoms with E-state index in [1.54, 1.807) is 28.9 Å². The van der Waals surface area contributed by atoms with Crippen molar-refractivity contribution in [3.63, 3.8) is 0 Å². The van der Waals surface area contributed by atoms with E-state index >= 15 is 0 Å². The number of nitrogens with zero attached hydrogens (tertiary/aromatic N) is 2. The van der Waals surface area contributed by atoms with Gasteiger partial charge in [0.05, 0.1) is 17.8 Å². The van der Waals surface area contributed by atoms with Crippen molar-refractivity contribution in [2.75, 3.05) is 13.1 Å². The van der Waals surface area contributed by atoms with Gasteiger partial charge in [0, 0.05) is 41.9 Å². The summed E-state index contributed by atoms with van der Waals surface area (Å²) >= 11 is 3.47. The predicted molar refractivity (Wildman–Crippen MR) is 120 cm³/mol. The first-order valence-electron chi connectivity index (χ1n) is 8.28. The summed E-state index contributed by atoms with van der Waals surface area (Å²) in [7, 11) is 0. The van der Waals surface area contributed by atoms with Crippen LogP contribution in [0.2, 0.25) is 0 Å². The molecule has 3 aromatic heterocycles. The van der Waals surface area contributed by atoms with Gasteiger partial charge in [0.1, 0.15) is 5.76 Å². The highest BCUT2D eigenvalue weighted by Gasteiger charge is 2.03. The van der Waals surface area contributed by atoms with Crippen LogP contribution in [0.25, 0.3) is 0 Å². The molecule has 0 unspecified atom stereocenters. The summed E-state index contributed by atoms with van der Waals surface area (Å²) in [6.45, 7) is 4.35. The normalized spacial score (nSPS) is 11.2. The lowest BCUT2D eigenvalue weighted by Crippen LogP contribution is -2.39. The lowest BCUT2D eigenvalue weighted by atomic mass is 10.3. The average molecular weight is 502 g/mol. The third-order valence-corrected chi connectivity index (χ3v) is 5.35. The number of aromatic nitrogens is 1. The van der Waals surface area contributed by atoms with Crippen LogP contribution in [0.15, 0.2) is 51.5 Å². The lowest BCUT2D eigenvalue weighted by molar-refractivity contribution is 0.506. The first-order valence-corrected chi connectivity index (χ1v) is 9.97. The Morgan fingerprint density at radius 2 is 2.04 bits per heavy atom. The molecular formula is C18H23IN4OS2. The molecule has 2 N–H and O–H groups in total. The van der Waals surface area contributed by atoms with Gasteiger partial charge in [0.25, 0.3) is 0 Å². The Kier molecular flexibility index (Phi) is 9.13. The van der Waals surface area contributed by atoms with Gasteiger partial charge < -0.3 is 15.1 Å². The van der Waals surface area contributed by atoms with Crippen molar-refractivity contribution in [2.24, 2.45) is 4.99 Å². The fourth-order valence-electron chi connectivity index (χ4n) is 2.30. The second kappa shape index (κ2) is 11.3. The predicted octanol–water partition coefficient (Wildman–Crippen LogP) is 4.24. The van der Waals surface area contributed by atoms with Gasteiger partial charge in [-0.3, -0.25) is 0 Å². The highest BCUT2D eigenvalue weighted by atomic mass is 127. The minimum atomic E-state index is 0. The first-order chi connectivity index (χ1) is 12.3. The zero-order valence-electron chi connectivity index (χ0n) is 14.6. The number of furan rings is 1. The van der Waals surface area contributed by atoms with Crippen LogP contribution in [-0.2, 0) is 19.4 Å². The molecule has 0 aliphatic carbocycles. The van der Waals surface area contributed by atoms with E-state index in [1.807, 2.05) is 18.3 Å². The maximum atomic E-state index is 5.37. The van der Waals surface area contributed by atoms with Crippen molar-refractivity contribution >= 4 is 52.6 Å². The molecule has 0 saturated carbocycles. The SMILES string of the molecule is Cc1cnc(CCNC(=NCc2cccs2)NCCc2ccco2)s1.I. The van der Waals surface area contributed by atoms with E-state index in [-0.39, 0.29) is 24.0 Å². The lowest BCUT2D eigenvalue weighted by Gasteiger charge is -2.11. The van der Waals surface area contributed by atoms with Gasteiger partial charge in [-0.05, 0) is 30.5 Å². The molecular weight excluding hydrogens is 479 g/mol. The Labute approximate surface area is 179 Å². The average Bonchev–Trinajstić information content (AvgIpc) is 3.35. The number of aliphatic imine (C=N–C) groups is 1. The van der Waals surface area contributed by atoms with E-state index in [1.165, 1.54) is 9.75 Å². The molecule has 0 saturated heterocycles. The molecule has 3 aromatic rings. The van der Waals surface area contributed by atoms with Crippen LogP contribution in [0.1, 0.15) is 20.5 Å². The Balaban J connectivity index is 0.00000243. The third kappa shape index (κ3) is 7.08. The molecule has 5 nitrogen and oxygen atoms in total. The number of rotatable bonds is 8. The quantitative estimate of drug-likeness (QED) is 0.275. The summed E-state index contributed by atoms with van der Waals surface area (Å²) in [5.74, 6) is 1.80. The maximum absolute atomic E-state index is 5.37. The van der Waals surface area contributed by atoms with Gasteiger partial charge in [-0.25, -0.2) is 9.98 Å². The Morgan fingerprint density at radius 1 is 1.19 bits per heavy atom. The molecule has 0 spiro atoms. The van der Waals surface area contributed by atoms with Crippen LogP contribution in [0.3, 0.4) is 0 Å². The van der Waals surface area contributed by atoms with Crippen LogP contribution in [0.5, 0.6) is 0 Å². The van der Waals surface area contributed by atoms with E-state index in [2.05, 4.69) is 45.0 Å².